The van der Waals surface area contributed by atoms with Gasteiger partial charge in [0.15, 0.2) is 5.78 Å². The number of aromatic amines is 1. The van der Waals surface area contributed by atoms with E-state index < -0.39 is 23.5 Å². The van der Waals surface area contributed by atoms with Gasteiger partial charge in [-0.1, -0.05) is 30.3 Å². The zero-order valence-corrected chi connectivity index (χ0v) is 13.2. The molecule has 0 saturated heterocycles. The fraction of sp³-hybridized carbons (Fsp3) is 0.0526. The van der Waals surface area contributed by atoms with Crippen LogP contribution in [0, 0.1) is 0 Å². The van der Waals surface area contributed by atoms with Crippen molar-refractivity contribution >= 4 is 22.8 Å². The number of hydrogen-bond donors (Lipinski definition) is 1. The fourth-order valence-corrected chi connectivity index (χ4v) is 2.43. The quantitative estimate of drug-likeness (QED) is 0.557. The molecule has 1 N–H and O–H groups in total. The number of para-hydroxylation sites is 2. The number of benzene rings is 2. The molecule has 0 radical (unpaired) electrons. The Balaban J connectivity index is 1.91. The molecular weight excluding hydrogens is 347 g/mol. The average molecular weight is 359 g/mol. The Hall–Kier alpha value is -3.35. The van der Waals surface area contributed by atoms with Gasteiger partial charge in [-0.05, 0) is 41.8 Å². The smallest absolute Gasteiger partial charge is 0.405 e. The standard InChI is InChI=1S/C19H12F3NO3/c20-19(21,22)26-17-8-4-2-6-14(17)16(24)10-9-13-11-12-5-1-3-7-15(12)23-18(13)25/h1-11H,(H,23,25). The molecule has 7 heteroatoms. The molecule has 0 unspecified atom stereocenters. The Bertz CT molecular complexity index is 1050. The Labute approximate surface area is 145 Å². The van der Waals surface area contributed by atoms with Crippen molar-refractivity contribution in [2.75, 3.05) is 0 Å². The van der Waals surface area contributed by atoms with E-state index in [1.54, 1.807) is 30.3 Å². The highest BCUT2D eigenvalue weighted by Gasteiger charge is 2.32. The monoisotopic (exact) mass is 359 g/mol. The molecule has 0 saturated carbocycles. The predicted molar refractivity (Wildman–Crippen MR) is 91.1 cm³/mol. The van der Waals surface area contributed by atoms with Gasteiger partial charge in [0.25, 0.3) is 5.56 Å². The van der Waals surface area contributed by atoms with Crippen molar-refractivity contribution in [2.24, 2.45) is 0 Å². The number of aromatic nitrogens is 1. The van der Waals surface area contributed by atoms with Crippen molar-refractivity contribution in [2.45, 2.75) is 6.36 Å². The average Bonchev–Trinajstić information content (AvgIpc) is 2.58. The number of pyridine rings is 1. The number of allylic oxidation sites excluding steroid dienone is 1. The summed E-state index contributed by atoms with van der Waals surface area (Å²) < 4.78 is 41.2. The largest absolute Gasteiger partial charge is 0.573 e. The SMILES string of the molecule is O=C(C=Cc1cc2ccccc2[nH]c1=O)c1ccccc1OC(F)(F)F. The normalized spacial score (nSPS) is 11.8. The molecular formula is C19H12F3NO3. The molecule has 0 atom stereocenters. The minimum absolute atomic E-state index is 0.214. The molecule has 4 nitrogen and oxygen atoms in total. The maximum Gasteiger partial charge on any atom is 0.573 e. The number of rotatable bonds is 4. The number of fused-ring (bicyclic) bond motifs is 1. The lowest BCUT2D eigenvalue weighted by atomic mass is 10.1. The minimum atomic E-state index is -4.91. The highest BCUT2D eigenvalue weighted by Crippen LogP contribution is 2.26. The highest BCUT2D eigenvalue weighted by atomic mass is 19.4. The number of carbonyl (C=O) groups excluding carboxylic acids is 1. The van der Waals surface area contributed by atoms with Crippen molar-refractivity contribution in [3.05, 3.63) is 82.2 Å². The molecule has 0 amide bonds. The highest BCUT2D eigenvalue weighted by molar-refractivity contribution is 6.08. The maximum absolute atomic E-state index is 12.4. The van der Waals surface area contributed by atoms with Crippen molar-refractivity contribution in [1.82, 2.24) is 4.98 Å². The second-order valence-electron chi connectivity index (χ2n) is 5.38. The number of H-pyrrole nitrogens is 1. The summed E-state index contributed by atoms with van der Waals surface area (Å²) in [5.41, 5.74) is 0.196. The lowest BCUT2D eigenvalue weighted by molar-refractivity contribution is -0.274. The molecule has 1 aromatic heterocycles. The van der Waals surface area contributed by atoms with Crippen LogP contribution in [0.5, 0.6) is 5.75 Å². The van der Waals surface area contributed by atoms with Gasteiger partial charge in [-0.15, -0.1) is 13.2 Å². The third kappa shape index (κ3) is 4.00. The van der Waals surface area contributed by atoms with Crippen molar-refractivity contribution in [3.63, 3.8) is 0 Å². The number of alkyl halides is 3. The van der Waals surface area contributed by atoms with Crippen molar-refractivity contribution in [1.29, 1.82) is 0 Å². The molecule has 0 spiro atoms. The van der Waals surface area contributed by atoms with Gasteiger partial charge >= 0.3 is 6.36 Å². The summed E-state index contributed by atoms with van der Waals surface area (Å²) in [6.07, 6.45) is -2.61. The number of hydrogen-bond acceptors (Lipinski definition) is 3. The Morgan fingerprint density at radius 2 is 1.73 bits per heavy atom. The van der Waals surface area contributed by atoms with Gasteiger partial charge in [0.2, 0.25) is 0 Å². The summed E-state index contributed by atoms with van der Waals surface area (Å²) in [5, 5.41) is 0.764. The van der Waals surface area contributed by atoms with Crippen LogP contribution in [0.2, 0.25) is 0 Å². The van der Waals surface area contributed by atoms with Gasteiger partial charge in [0.1, 0.15) is 5.75 Å². The molecule has 0 fully saturated rings. The van der Waals surface area contributed by atoms with Crippen LogP contribution in [0.3, 0.4) is 0 Å². The van der Waals surface area contributed by atoms with Gasteiger partial charge < -0.3 is 9.72 Å². The number of carbonyl (C=O) groups is 1. The number of halogens is 3. The zero-order valence-electron chi connectivity index (χ0n) is 13.2. The van der Waals surface area contributed by atoms with Crippen LogP contribution in [0.15, 0.2) is 65.5 Å². The van der Waals surface area contributed by atoms with Crippen molar-refractivity contribution < 1.29 is 22.7 Å². The molecule has 0 aliphatic heterocycles. The van der Waals surface area contributed by atoms with Crippen LogP contribution in [0.1, 0.15) is 15.9 Å². The van der Waals surface area contributed by atoms with Gasteiger partial charge in [-0.2, -0.15) is 0 Å². The van der Waals surface area contributed by atoms with Gasteiger partial charge in [0.05, 0.1) is 5.56 Å². The first-order valence-corrected chi connectivity index (χ1v) is 7.53. The number of ether oxygens (including phenoxy) is 1. The summed E-state index contributed by atoms with van der Waals surface area (Å²) in [6, 6.07) is 13.7. The molecule has 3 rings (SSSR count). The van der Waals surface area contributed by atoms with Crippen LogP contribution >= 0.6 is 0 Å². The van der Waals surface area contributed by atoms with E-state index in [9.17, 15) is 22.8 Å². The van der Waals surface area contributed by atoms with Crippen LogP contribution in [-0.4, -0.2) is 17.1 Å². The molecule has 0 aliphatic carbocycles. The third-order valence-electron chi connectivity index (χ3n) is 3.57. The molecule has 1 heterocycles. The summed E-state index contributed by atoms with van der Waals surface area (Å²) >= 11 is 0. The van der Waals surface area contributed by atoms with Crippen LogP contribution in [-0.2, 0) is 0 Å². The van der Waals surface area contributed by atoms with E-state index >= 15 is 0 Å². The molecule has 132 valence electrons. The molecule has 2 aromatic carbocycles. The molecule has 0 aliphatic rings. The molecule has 26 heavy (non-hydrogen) atoms. The second-order valence-corrected chi connectivity index (χ2v) is 5.38. The Morgan fingerprint density at radius 1 is 1.04 bits per heavy atom. The fourth-order valence-electron chi connectivity index (χ4n) is 2.43. The second kappa shape index (κ2) is 6.87. The first-order chi connectivity index (χ1) is 12.3. The van der Waals surface area contributed by atoms with Gasteiger partial charge in [0, 0.05) is 11.1 Å². The van der Waals surface area contributed by atoms with Crippen LogP contribution in [0.25, 0.3) is 17.0 Å². The molecule has 0 bridgehead atoms. The summed E-state index contributed by atoms with van der Waals surface area (Å²) in [7, 11) is 0. The van der Waals surface area contributed by atoms with E-state index in [0.29, 0.717) is 5.52 Å². The Kier molecular flexibility index (Phi) is 4.62. The number of ketones is 1. The van der Waals surface area contributed by atoms with Crippen LogP contribution in [0.4, 0.5) is 13.2 Å². The van der Waals surface area contributed by atoms with E-state index in [1.165, 1.54) is 24.3 Å². The van der Waals surface area contributed by atoms with Crippen LogP contribution < -0.4 is 10.3 Å². The Morgan fingerprint density at radius 3 is 2.50 bits per heavy atom. The topological polar surface area (TPSA) is 59.2 Å². The first-order valence-electron chi connectivity index (χ1n) is 7.53. The van der Waals surface area contributed by atoms with E-state index in [1.807, 2.05) is 0 Å². The maximum atomic E-state index is 12.4. The summed E-state index contributed by atoms with van der Waals surface area (Å²) in [6.45, 7) is 0. The van der Waals surface area contributed by atoms with E-state index in [2.05, 4.69) is 9.72 Å². The van der Waals surface area contributed by atoms with E-state index in [4.69, 9.17) is 0 Å². The first kappa shape index (κ1) is 17.5. The van der Waals surface area contributed by atoms with Crippen molar-refractivity contribution in [3.8, 4) is 5.75 Å². The molecule has 3 aromatic rings. The van der Waals surface area contributed by atoms with Gasteiger partial charge in [-0.25, -0.2) is 0 Å². The predicted octanol–water partition coefficient (Wildman–Crippen LogP) is 4.32. The summed E-state index contributed by atoms with van der Waals surface area (Å²) in [5.74, 6) is -1.31. The lowest BCUT2D eigenvalue weighted by Crippen LogP contribution is -2.18. The third-order valence-corrected chi connectivity index (χ3v) is 3.57. The number of nitrogens with one attached hydrogen (secondary N) is 1. The van der Waals surface area contributed by atoms with Gasteiger partial charge in [-0.3, -0.25) is 9.59 Å². The van der Waals surface area contributed by atoms with E-state index in [0.717, 1.165) is 17.5 Å². The summed E-state index contributed by atoms with van der Waals surface area (Å²) in [4.78, 5) is 27.0. The minimum Gasteiger partial charge on any atom is -0.405 e. The zero-order chi connectivity index (χ0) is 18.7. The van der Waals surface area contributed by atoms with E-state index in [-0.39, 0.29) is 11.1 Å². The lowest BCUT2D eigenvalue weighted by Gasteiger charge is -2.11.